The maximum atomic E-state index is 12.5. The van der Waals surface area contributed by atoms with Gasteiger partial charge in [0.05, 0.1) is 16.5 Å². The molecule has 2 aliphatic rings. The summed E-state index contributed by atoms with van der Waals surface area (Å²) >= 11 is 6.19. The van der Waals surface area contributed by atoms with Crippen LogP contribution in [0.5, 0.6) is 0 Å². The topological polar surface area (TPSA) is 70.2 Å². The molecule has 3 N–H and O–H groups in total. The summed E-state index contributed by atoms with van der Waals surface area (Å²) in [5.41, 5.74) is 1.04. The van der Waals surface area contributed by atoms with E-state index in [1.807, 2.05) is 0 Å². The van der Waals surface area contributed by atoms with Crippen LogP contribution >= 0.6 is 24.0 Å². The average Bonchev–Trinajstić information content (AvgIpc) is 3.12. The lowest BCUT2D eigenvalue weighted by molar-refractivity contribution is -0.119. The fourth-order valence-electron chi connectivity index (χ4n) is 3.41. The van der Waals surface area contributed by atoms with Crippen molar-refractivity contribution in [2.45, 2.75) is 44.6 Å². The third kappa shape index (κ3) is 5.33. The number of benzene rings is 1. The van der Waals surface area contributed by atoms with Gasteiger partial charge in [-0.05, 0) is 44.0 Å². The molecular weight excluding hydrogens is 361 g/mol. The third-order valence-corrected chi connectivity index (χ3v) is 5.18. The van der Waals surface area contributed by atoms with Crippen LogP contribution in [0.15, 0.2) is 18.2 Å². The Morgan fingerprint density at radius 3 is 2.56 bits per heavy atom. The fourth-order valence-corrected chi connectivity index (χ4v) is 3.61. The second-order valence-corrected chi connectivity index (χ2v) is 7.09. The van der Waals surface area contributed by atoms with Gasteiger partial charge in [0.15, 0.2) is 0 Å². The molecule has 0 aromatic heterocycles. The number of nitrogens with one attached hydrogen (secondary N) is 3. The molecule has 25 heavy (non-hydrogen) atoms. The first-order chi connectivity index (χ1) is 11.6. The zero-order chi connectivity index (χ0) is 16.9. The van der Waals surface area contributed by atoms with Gasteiger partial charge in [0, 0.05) is 18.3 Å². The summed E-state index contributed by atoms with van der Waals surface area (Å²) in [6.45, 7) is 1.57. The number of hydrogen-bond donors (Lipinski definition) is 3. The second-order valence-electron chi connectivity index (χ2n) is 6.68. The Morgan fingerprint density at radius 2 is 1.88 bits per heavy atom. The Labute approximate surface area is 159 Å². The number of carbonyl (C=O) groups is 2. The van der Waals surface area contributed by atoms with Gasteiger partial charge in [-0.2, -0.15) is 0 Å². The quantitative estimate of drug-likeness (QED) is 0.743. The first kappa shape index (κ1) is 20.0. The molecule has 1 aromatic carbocycles. The predicted molar refractivity (Wildman–Crippen MR) is 103 cm³/mol. The van der Waals surface area contributed by atoms with Crippen molar-refractivity contribution in [2.75, 3.05) is 18.4 Å². The molecule has 1 heterocycles. The summed E-state index contributed by atoms with van der Waals surface area (Å²) in [5, 5.41) is 9.54. The number of halogens is 2. The van der Waals surface area contributed by atoms with Crippen LogP contribution in [0.1, 0.15) is 48.9 Å². The number of amides is 2. The summed E-state index contributed by atoms with van der Waals surface area (Å²) < 4.78 is 0. The van der Waals surface area contributed by atoms with E-state index in [2.05, 4.69) is 16.0 Å². The maximum Gasteiger partial charge on any atom is 0.253 e. The van der Waals surface area contributed by atoms with Crippen LogP contribution in [-0.4, -0.2) is 30.9 Å². The van der Waals surface area contributed by atoms with Crippen molar-refractivity contribution < 1.29 is 9.59 Å². The molecule has 1 aliphatic heterocycles. The Kier molecular flexibility index (Phi) is 7.54. The van der Waals surface area contributed by atoms with E-state index in [1.54, 1.807) is 18.2 Å². The summed E-state index contributed by atoms with van der Waals surface area (Å²) in [5.74, 6) is -0.188. The van der Waals surface area contributed by atoms with E-state index in [9.17, 15) is 9.59 Å². The molecule has 1 saturated carbocycles. The van der Waals surface area contributed by atoms with Crippen LogP contribution in [0.3, 0.4) is 0 Å². The molecule has 0 spiro atoms. The van der Waals surface area contributed by atoms with Crippen LogP contribution in [0.4, 0.5) is 5.69 Å². The van der Waals surface area contributed by atoms with Crippen molar-refractivity contribution in [1.29, 1.82) is 0 Å². The fraction of sp³-hybridized carbons (Fsp3) is 0.556. The molecule has 0 bridgehead atoms. The molecule has 5 nitrogen and oxygen atoms in total. The Hall–Kier alpha value is -1.30. The summed E-state index contributed by atoms with van der Waals surface area (Å²) in [4.78, 5) is 24.7. The minimum absolute atomic E-state index is 0. The average molecular weight is 386 g/mol. The normalized spacial score (nSPS) is 20.6. The number of anilines is 1. The predicted octanol–water partition coefficient (Wildman–Crippen LogP) is 3.37. The van der Waals surface area contributed by atoms with Gasteiger partial charge in [0.2, 0.25) is 5.91 Å². The molecule has 3 rings (SSSR count). The first-order valence-electron chi connectivity index (χ1n) is 8.75. The van der Waals surface area contributed by atoms with Crippen LogP contribution in [0.2, 0.25) is 5.02 Å². The van der Waals surface area contributed by atoms with Crippen molar-refractivity contribution >= 4 is 41.5 Å². The van der Waals surface area contributed by atoms with Crippen LogP contribution < -0.4 is 16.0 Å². The first-order valence-corrected chi connectivity index (χ1v) is 9.13. The highest BCUT2D eigenvalue weighted by Gasteiger charge is 2.23. The molecular formula is C18H25Cl2N3O2. The monoisotopic (exact) mass is 385 g/mol. The number of rotatable bonds is 4. The Balaban J connectivity index is 0.00000225. The number of hydrogen-bond acceptors (Lipinski definition) is 3. The zero-order valence-corrected chi connectivity index (χ0v) is 15.7. The van der Waals surface area contributed by atoms with E-state index in [4.69, 9.17) is 11.6 Å². The van der Waals surface area contributed by atoms with Gasteiger partial charge in [-0.15, -0.1) is 12.4 Å². The lowest BCUT2D eigenvalue weighted by atomic mass is 9.95. The molecule has 1 saturated heterocycles. The lowest BCUT2D eigenvalue weighted by Gasteiger charge is -2.23. The smallest absolute Gasteiger partial charge is 0.253 e. The van der Waals surface area contributed by atoms with Crippen LogP contribution in [0, 0.1) is 5.92 Å². The lowest BCUT2D eigenvalue weighted by Crippen LogP contribution is -2.36. The molecule has 1 atom stereocenters. The maximum absolute atomic E-state index is 12.5. The van der Waals surface area contributed by atoms with E-state index >= 15 is 0 Å². The summed E-state index contributed by atoms with van der Waals surface area (Å²) in [6, 6.07) is 5.30. The molecule has 1 aromatic rings. The molecule has 0 radical (unpaired) electrons. The van der Waals surface area contributed by atoms with Gasteiger partial charge in [-0.1, -0.05) is 30.9 Å². The van der Waals surface area contributed by atoms with E-state index in [1.165, 1.54) is 6.42 Å². The van der Waals surface area contributed by atoms with Gasteiger partial charge in [-0.25, -0.2) is 0 Å². The molecule has 1 unspecified atom stereocenters. The van der Waals surface area contributed by atoms with E-state index in [0.29, 0.717) is 22.8 Å². The van der Waals surface area contributed by atoms with Crippen LogP contribution in [-0.2, 0) is 4.79 Å². The number of carbonyl (C=O) groups excluding carboxylic acids is 2. The van der Waals surface area contributed by atoms with Crippen molar-refractivity contribution in [3.05, 3.63) is 28.8 Å². The van der Waals surface area contributed by atoms with Crippen molar-refractivity contribution in [3.8, 4) is 0 Å². The molecule has 2 amide bonds. The van der Waals surface area contributed by atoms with E-state index in [-0.39, 0.29) is 36.2 Å². The highest BCUT2D eigenvalue weighted by Crippen LogP contribution is 2.23. The van der Waals surface area contributed by atoms with Crippen molar-refractivity contribution in [2.24, 2.45) is 5.92 Å². The standard InChI is InChI=1S/C18H24ClN3O2.ClH/c19-16-7-6-14(22-17(23)12-8-9-20-11-12)10-15(16)18(24)21-13-4-2-1-3-5-13;/h6-7,10,12-13,20H,1-5,8-9,11H2,(H,21,24)(H,22,23);1H. The van der Waals surface area contributed by atoms with E-state index in [0.717, 1.165) is 38.6 Å². The molecule has 1 aliphatic carbocycles. The van der Waals surface area contributed by atoms with Crippen LogP contribution in [0.25, 0.3) is 0 Å². The Bertz CT molecular complexity index is 612. The summed E-state index contributed by atoms with van der Waals surface area (Å²) in [7, 11) is 0. The second kappa shape index (κ2) is 9.41. The highest BCUT2D eigenvalue weighted by molar-refractivity contribution is 6.34. The summed E-state index contributed by atoms with van der Waals surface area (Å²) in [6.07, 6.45) is 6.44. The van der Waals surface area contributed by atoms with Crippen molar-refractivity contribution in [1.82, 2.24) is 10.6 Å². The van der Waals surface area contributed by atoms with Gasteiger partial charge in [0.1, 0.15) is 0 Å². The van der Waals surface area contributed by atoms with Gasteiger partial charge < -0.3 is 16.0 Å². The van der Waals surface area contributed by atoms with Gasteiger partial charge >= 0.3 is 0 Å². The molecule has 138 valence electrons. The molecule has 7 heteroatoms. The zero-order valence-electron chi connectivity index (χ0n) is 14.1. The largest absolute Gasteiger partial charge is 0.349 e. The van der Waals surface area contributed by atoms with Crippen molar-refractivity contribution in [3.63, 3.8) is 0 Å². The van der Waals surface area contributed by atoms with Gasteiger partial charge in [0.25, 0.3) is 5.91 Å². The minimum atomic E-state index is -0.162. The van der Waals surface area contributed by atoms with Gasteiger partial charge in [-0.3, -0.25) is 9.59 Å². The third-order valence-electron chi connectivity index (χ3n) is 4.85. The highest BCUT2D eigenvalue weighted by atomic mass is 35.5. The SMILES string of the molecule is Cl.O=C(NC1CCCCC1)c1cc(NC(=O)C2CCNC2)ccc1Cl. The molecule has 2 fully saturated rings. The van der Waals surface area contributed by atoms with E-state index < -0.39 is 0 Å². The minimum Gasteiger partial charge on any atom is -0.349 e. The Morgan fingerprint density at radius 1 is 1.12 bits per heavy atom.